The summed E-state index contributed by atoms with van der Waals surface area (Å²) in [4.78, 5) is 6.37. The normalized spacial score (nSPS) is 37.1. The molecule has 2 aliphatic rings. The summed E-state index contributed by atoms with van der Waals surface area (Å²) in [5.41, 5.74) is 7.92. The molecular weight excluding hydrogens is 228 g/mol. The summed E-state index contributed by atoms with van der Waals surface area (Å²) >= 11 is 1.90. The quantitative estimate of drug-likeness (QED) is 0.831. The monoisotopic (exact) mass is 250 g/mol. The van der Waals surface area contributed by atoms with E-state index < -0.39 is 0 Å². The van der Waals surface area contributed by atoms with Crippen LogP contribution in [0, 0.1) is 11.8 Å². The molecule has 0 amide bonds. The topological polar surface area (TPSA) is 38.9 Å². The van der Waals surface area contributed by atoms with Crippen molar-refractivity contribution in [3.63, 3.8) is 0 Å². The summed E-state index contributed by atoms with van der Waals surface area (Å²) < 4.78 is 0. The van der Waals surface area contributed by atoms with Gasteiger partial charge in [0.1, 0.15) is 5.01 Å². The number of aromatic nitrogens is 1. The Kier molecular flexibility index (Phi) is 2.79. The summed E-state index contributed by atoms with van der Waals surface area (Å²) in [6.45, 7) is 4.63. The van der Waals surface area contributed by atoms with Crippen LogP contribution in [0.2, 0.25) is 0 Å². The highest BCUT2D eigenvalue weighted by molar-refractivity contribution is 7.12. The van der Waals surface area contributed by atoms with E-state index >= 15 is 0 Å². The molecule has 0 spiro atoms. The van der Waals surface area contributed by atoms with Gasteiger partial charge in [0.2, 0.25) is 0 Å². The van der Waals surface area contributed by atoms with Crippen LogP contribution >= 0.6 is 11.3 Å². The van der Waals surface area contributed by atoms with Crippen molar-refractivity contribution in [1.82, 2.24) is 4.98 Å². The van der Waals surface area contributed by atoms with Crippen LogP contribution in [0.1, 0.15) is 55.1 Å². The lowest BCUT2D eigenvalue weighted by molar-refractivity contribution is 0.161. The van der Waals surface area contributed by atoms with Crippen LogP contribution in [0.25, 0.3) is 0 Å². The molecule has 17 heavy (non-hydrogen) atoms. The highest BCUT2D eigenvalue weighted by Gasteiger charge is 2.41. The smallest absolute Gasteiger partial charge is 0.113 e. The summed E-state index contributed by atoms with van der Waals surface area (Å²) in [7, 11) is 0. The van der Waals surface area contributed by atoms with Crippen molar-refractivity contribution < 1.29 is 0 Å². The summed E-state index contributed by atoms with van der Waals surface area (Å²) in [5.74, 6) is 1.32. The van der Waals surface area contributed by atoms with Gasteiger partial charge in [-0.1, -0.05) is 20.3 Å². The molecule has 2 N–H and O–H groups in total. The van der Waals surface area contributed by atoms with Gasteiger partial charge in [-0.15, -0.1) is 11.3 Å². The molecule has 0 radical (unpaired) electrons. The molecule has 1 saturated carbocycles. The van der Waals surface area contributed by atoms with Crippen LogP contribution in [-0.2, 0) is 18.4 Å². The zero-order chi connectivity index (χ0) is 12.0. The van der Waals surface area contributed by atoms with Crippen molar-refractivity contribution >= 4 is 11.3 Å². The van der Waals surface area contributed by atoms with Gasteiger partial charge in [-0.25, -0.2) is 4.98 Å². The molecule has 1 aromatic heterocycles. The molecule has 3 atom stereocenters. The predicted molar refractivity (Wildman–Crippen MR) is 72.2 cm³/mol. The van der Waals surface area contributed by atoms with Gasteiger partial charge in [0.25, 0.3) is 0 Å². The van der Waals surface area contributed by atoms with Gasteiger partial charge in [-0.05, 0) is 43.9 Å². The number of thiazole rings is 1. The molecule has 94 valence electrons. The van der Waals surface area contributed by atoms with Crippen LogP contribution in [0.3, 0.4) is 0 Å². The Morgan fingerprint density at radius 3 is 2.88 bits per heavy atom. The van der Waals surface area contributed by atoms with Crippen molar-refractivity contribution in [2.24, 2.45) is 17.6 Å². The van der Waals surface area contributed by atoms with Crippen molar-refractivity contribution in [3.05, 3.63) is 15.6 Å². The standard InChI is InChI=1S/C14H22N2S/c1-9-6-7-10(2)14(15,8-9)13-16-11-4-3-5-12(11)17-13/h9-10H,3-8,15H2,1-2H3. The van der Waals surface area contributed by atoms with Crippen LogP contribution in [0.4, 0.5) is 0 Å². The zero-order valence-electron chi connectivity index (χ0n) is 10.8. The van der Waals surface area contributed by atoms with E-state index in [-0.39, 0.29) is 5.54 Å². The molecule has 0 bridgehead atoms. The molecule has 1 heterocycles. The average Bonchev–Trinajstić information content (AvgIpc) is 2.83. The van der Waals surface area contributed by atoms with Gasteiger partial charge in [0.15, 0.2) is 0 Å². The first kappa shape index (κ1) is 11.7. The Morgan fingerprint density at radius 2 is 2.12 bits per heavy atom. The minimum atomic E-state index is -0.146. The number of hydrogen-bond acceptors (Lipinski definition) is 3. The highest BCUT2D eigenvalue weighted by Crippen LogP contribution is 2.44. The molecule has 0 aliphatic heterocycles. The fourth-order valence-electron chi connectivity index (χ4n) is 3.36. The van der Waals surface area contributed by atoms with Gasteiger partial charge in [-0.2, -0.15) is 0 Å². The van der Waals surface area contributed by atoms with E-state index in [9.17, 15) is 0 Å². The first-order valence-electron chi connectivity index (χ1n) is 6.87. The summed E-state index contributed by atoms with van der Waals surface area (Å²) in [6, 6.07) is 0. The van der Waals surface area contributed by atoms with Crippen LogP contribution < -0.4 is 5.73 Å². The molecule has 3 unspecified atom stereocenters. The van der Waals surface area contributed by atoms with Crippen molar-refractivity contribution in [3.8, 4) is 0 Å². The molecule has 3 rings (SSSR count). The Balaban J connectivity index is 1.94. The lowest BCUT2D eigenvalue weighted by Gasteiger charge is -2.40. The van der Waals surface area contributed by atoms with E-state index in [2.05, 4.69) is 13.8 Å². The molecule has 0 aromatic carbocycles. The summed E-state index contributed by atoms with van der Waals surface area (Å²) in [6.07, 6.45) is 7.38. The molecule has 1 fully saturated rings. The fraction of sp³-hybridized carbons (Fsp3) is 0.786. The molecule has 1 aromatic rings. The second-order valence-electron chi connectivity index (χ2n) is 6.07. The van der Waals surface area contributed by atoms with Gasteiger partial charge in [0, 0.05) is 4.88 Å². The van der Waals surface area contributed by atoms with Crippen molar-refractivity contribution in [1.29, 1.82) is 0 Å². The van der Waals surface area contributed by atoms with Gasteiger partial charge < -0.3 is 5.73 Å². The average molecular weight is 250 g/mol. The summed E-state index contributed by atoms with van der Waals surface area (Å²) in [5, 5.41) is 1.22. The molecule has 3 heteroatoms. The Morgan fingerprint density at radius 1 is 1.29 bits per heavy atom. The number of nitrogens with zero attached hydrogens (tertiary/aromatic N) is 1. The zero-order valence-corrected chi connectivity index (χ0v) is 11.6. The first-order chi connectivity index (χ1) is 8.09. The Bertz CT molecular complexity index is 404. The maximum Gasteiger partial charge on any atom is 0.113 e. The lowest BCUT2D eigenvalue weighted by atomic mass is 9.70. The Labute approximate surface area is 108 Å². The second-order valence-corrected chi connectivity index (χ2v) is 7.15. The maximum absolute atomic E-state index is 6.72. The molecule has 2 aliphatic carbocycles. The third-order valence-electron chi connectivity index (χ3n) is 4.65. The van der Waals surface area contributed by atoms with Crippen molar-refractivity contribution in [2.45, 2.75) is 57.9 Å². The third kappa shape index (κ3) is 1.84. The number of aryl methyl sites for hydroxylation is 2. The number of rotatable bonds is 1. The van der Waals surface area contributed by atoms with E-state index in [0.717, 1.165) is 12.3 Å². The minimum absolute atomic E-state index is 0.146. The van der Waals surface area contributed by atoms with E-state index in [0.29, 0.717) is 5.92 Å². The Hall–Kier alpha value is -0.410. The van der Waals surface area contributed by atoms with E-state index in [1.54, 1.807) is 0 Å². The van der Waals surface area contributed by atoms with E-state index in [1.807, 2.05) is 11.3 Å². The molecule has 0 saturated heterocycles. The largest absolute Gasteiger partial charge is 0.319 e. The lowest BCUT2D eigenvalue weighted by Crippen LogP contribution is -2.47. The van der Waals surface area contributed by atoms with E-state index in [1.165, 1.54) is 47.7 Å². The molecule has 2 nitrogen and oxygen atoms in total. The van der Waals surface area contributed by atoms with Gasteiger partial charge >= 0.3 is 0 Å². The van der Waals surface area contributed by atoms with Crippen LogP contribution in [0.15, 0.2) is 0 Å². The number of nitrogens with two attached hydrogens (primary N) is 1. The van der Waals surface area contributed by atoms with E-state index in [4.69, 9.17) is 10.7 Å². The third-order valence-corrected chi connectivity index (χ3v) is 6.00. The predicted octanol–water partition coefficient (Wildman–Crippen LogP) is 3.24. The number of hydrogen-bond donors (Lipinski definition) is 1. The van der Waals surface area contributed by atoms with Crippen molar-refractivity contribution in [2.75, 3.05) is 0 Å². The SMILES string of the molecule is CC1CCC(C)C(N)(c2nc3c(s2)CCC3)C1. The minimum Gasteiger partial charge on any atom is -0.319 e. The van der Waals surface area contributed by atoms with Crippen LogP contribution in [0.5, 0.6) is 0 Å². The fourth-order valence-corrected chi connectivity index (χ4v) is 4.74. The molecular formula is C14H22N2S. The van der Waals surface area contributed by atoms with Gasteiger partial charge in [0.05, 0.1) is 11.2 Å². The van der Waals surface area contributed by atoms with Gasteiger partial charge in [-0.3, -0.25) is 0 Å². The first-order valence-corrected chi connectivity index (χ1v) is 7.69. The highest BCUT2D eigenvalue weighted by atomic mass is 32.1. The second kappa shape index (κ2) is 4.06. The van der Waals surface area contributed by atoms with Crippen LogP contribution in [-0.4, -0.2) is 4.98 Å². The number of fused-ring (bicyclic) bond motifs is 1. The maximum atomic E-state index is 6.72.